The van der Waals surface area contributed by atoms with Gasteiger partial charge in [-0.05, 0) is 24.0 Å². The van der Waals surface area contributed by atoms with Crippen LogP contribution in [0.15, 0.2) is 18.3 Å². The molecule has 3 aliphatic rings. The van der Waals surface area contributed by atoms with Crippen molar-refractivity contribution < 1.29 is 9.18 Å². The minimum Gasteiger partial charge on any atom is -0.356 e. The SMILES string of the molecule is N#C[C@@H]1C[C@H](F)CN1C(=O)CNC1C2CN(c3ccc(Cl)cn3)CC21. The summed E-state index contributed by atoms with van der Waals surface area (Å²) in [5.74, 6) is 1.75. The number of nitrogens with zero attached hydrogens (tertiary/aromatic N) is 4. The lowest BCUT2D eigenvalue weighted by atomic mass is 10.2. The minimum atomic E-state index is -1.09. The highest BCUT2D eigenvalue weighted by Crippen LogP contribution is 2.46. The highest BCUT2D eigenvalue weighted by molar-refractivity contribution is 6.30. The Kier molecular flexibility index (Phi) is 4.26. The lowest BCUT2D eigenvalue weighted by molar-refractivity contribution is -0.130. The lowest BCUT2D eigenvalue weighted by Crippen LogP contribution is -2.43. The second kappa shape index (κ2) is 6.43. The molecular weight excluding hydrogens is 345 g/mol. The summed E-state index contributed by atoms with van der Waals surface area (Å²) in [7, 11) is 0. The van der Waals surface area contributed by atoms with E-state index in [-0.39, 0.29) is 25.4 Å². The third kappa shape index (κ3) is 3.16. The maximum Gasteiger partial charge on any atom is 0.237 e. The fourth-order valence-corrected chi connectivity index (χ4v) is 4.17. The average molecular weight is 364 g/mol. The Morgan fingerprint density at radius 1 is 1.40 bits per heavy atom. The molecule has 1 saturated carbocycles. The van der Waals surface area contributed by atoms with Gasteiger partial charge in [-0.25, -0.2) is 9.37 Å². The van der Waals surface area contributed by atoms with Gasteiger partial charge in [0.15, 0.2) is 0 Å². The number of rotatable bonds is 4. The Morgan fingerprint density at radius 2 is 2.16 bits per heavy atom. The second-order valence-electron chi connectivity index (χ2n) is 7.00. The van der Waals surface area contributed by atoms with Gasteiger partial charge in [-0.1, -0.05) is 11.6 Å². The van der Waals surface area contributed by atoms with Crippen molar-refractivity contribution in [2.24, 2.45) is 11.8 Å². The maximum absolute atomic E-state index is 13.4. The zero-order chi connectivity index (χ0) is 17.6. The van der Waals surface area contributed by atoms with E-state index in [4.69, 9.17) is 16.9 Å². The van der Waals surface area contributed by atoms with Gasteiger partial charge in [0.2, 0.25) is 5.91 Å². The van der Waals surface area contributed by atoms with Crippen LogP contribution in [-0.2, 0) is 4.79 Å². The van der Waals surface area contributed by atoms with Crippen LogP contribution in [0, 0.1) is 23.2 Å². The van der Waals surface area contributed by atoms with Gasteiger partial charge in [-0.2, -0.15) is 5.26 Å². The highest BCUT2D eigenvalue weighted by atomic mass is 35.5. The third-order valence-corrected chi connectivity index (χ3v) is 5.66. The molecular formula is C17H19ClFN5O. The zero-order valence-electron chi connectivity index (χ0n) is 13.6. The number of nitrogens with one attached hydrogen (secondary N) is 1. The van der Waals surface area contributed by atoms with E-state index in [0.717, 1.165) is 18.9 Å². The van der Waals surface area contributed by atoms with Crippen LogP contribution in [-0.4, -0.2) is 60.2 Å². The smallest absolute Gasteiger partial charge is 0.237 e. The Morgan fingerprint density at radius 3 is 2.80 bits per heavy atom. The Hall–Kier alpha value is -1.91. The van der Waals surface area contributed by atoms with Crippen molar-refractivity contribution in [3.8, 4) is 6.07 Å². The number of carbonyl (C=O) groups is 1. The predicted octanol–water partition coefficient (Wildman–Crippen LogP) is 1.22. The van der Waals surface area contributed by atoms with Crippen molar-refractivity contribution in [2.75, 3.05) is 31.1 Å². The molecule has 3 fully saturated rings. The van der Waals surface area contributed by atoms with E-state index in [2.05, 4.69) is 15.2 Å². The molecule has 0 aromatic carbocycles. The summed E-state index contributed by atoms with van der Waals surface area (Å²) in [6, 6.07) is 5.45. The van der Waals surface area contributed by atoms with Crippen LogP contribution < -0.4 is 10.2 Å². The molecule has 8 heteroatoms. The number of amides is 1. The van der Waals surface area contributed by atoms with E-state index in [0.29, 0.717) is 22.9 Å². The van der Waals surface area contributed by atoms with Gasteiger partial charge < -0.3 is 15.1 Å². The van der Waals surface area contributed by atoms with Crippen molar-refractivity contribution in [3.63, 3.8) is 0 Å². The highest BCUT2D eigenvalue weighted by Gasteiger charge is 2.56. The number of anilines is 1. The molecule has 1 aromatic rings. The van der Waals surface area contributed by atoms with E-state index in [1.54, 1.807) is 6.20 Å². The fraction of sp³-hybridized carbons (Fsp3) is 0.588. The Bertz CT molecular complexity index is 696. The molecule has 0 radical (unpaired) electrons. The molecule has 0 bridgehead atoms. The number of fused-ring (bicyclic) bond motifs is 1. The topological polar surface area (TPSA) is 72.3 Å². The summed E-state index contributed by atoms with van der Waals surface area (Å²) in [6.07, 6.45) is 0.684. The number of piperidine rings is 1. The van der Waals surface area contributed by atoms with Crippen LogP contribution in [0.3, 0.4) is 0 Å². The lowest BCUT2D eigenvalue weighted by Gasteiger charge is -2.22. The van der Waals surface area contributed by atoms with Crippen molar-refractivity contribution in [1.29, 1.82) is 5.26 Å². The summed E-state index contributed by atoms with van der Waals surface area (Å²) < 4.78 is 13.4. The molecule has 25 heavy (non-hydrogen) atoms. The summed E-state index contributed by atoms with van der Waals surface area (Å²) >= 11 is 5.86. The third-order valence-electron chi connectivity index (χ3n) is 5.44. The predicted molar refractivity (Wildman–Crippen MR) is 90.9 cm³/mol. The van der Waals surface area contributed by atoms with E-state index in [1.807, 2.05) is 18.2 Å². The molecule has 2 unspecified atom stereocenters. The molecule has 1 aliphatic carbocycles. The Labute approximate surface area is 150 Å². The normalized spacial score (nSPS) is 33.2. The van der Waals surface area contributed by atoms with Gasteiger partial charge >= 0.3 is 0 Å². The van der Waals surface area contributed by atoms with Crippen LogP contribution >= 0.6 is 11.6 Å². The van der Waals surface area contributed by atoms with Gasteiger partial charge in [-0.3, -0.25) is 4.79 Å². The summed E-state index contributed by atoms with van der Waals surface area (Å²) in [5, 5.41) is 12.9. The van der Waals surface area contributed by atoms with Gasteiger partial charge in [0.1, 0.15) is 18.0 Å². The summed E-state index contributed by atoms with van der Waals surface area (Å²) in [5.41, 5.74) is 0. The molecule has 2 aliphatic heterocycles. The number of hydrogen-bond donors (Lipinski definition) is 1. The largest absolute Gasteiger partial charge is 0.356 e. The standard InChI is InChI=1S/C17H19ClFN5O/c18-10-1-2-15(21-5-10)23-8-13-14(9-23)17(13)22-6-16(25)24-7-11(19)3-12(24)4-20/h1-2,5,11-14,17,22H,3,6-9H2/t11-,12-,13?,14?,17?/m0/s1. The average Bonchev–Trinajstić information content (AvgIpc) is 2.95. The monoisotopic (exact) mass is 363 g/mol. The number of carbonyl (C=O) groups excluding carboxylic acids is 1. The maximum atomic E-state index is 13.4. The molecule has 6 nitrogen and oxygen atoms in total. The number of halogens is 2. The molecule has 132 valence electrons. The van der Waals surface area contributed by atoms with E-state index in [9.17, 15) is 9.18 Å². The number of aromatic nitrogens is 1. The Balaban J connectivity index is 1.25. The van der Waals surface area contributed by atoms with Crippen LogP contribution in [0.4, 0.5) is 10.2 Å². The van der Waals surface area contributed by atoms with Crippen molar-refractivity contribution in [1.82, 2.24) is 15.2 Å². The van der Waals surface area contributed by atoms with Crippen LogP contribution in [0.5, 0.6) is 0 Å². The van der Waals surface area contributed by atoms with E-state index in [1.165, 1.54) is 4.90 Å². The van der Waals surface area contributed by atoms with Crippen LogP contribution in [0.1, 0.15) is 6.42 Å². The summed E-state index contributed by atoms with van der Waals surface area (Å²) in [4.78, 5) is 20.2. The van der Waals surface area contributed by atoms with Crippen LogP contribution in [0.25, 0.3) is 0 Å². The molecule has 4 atom stereocenters. The van der Waals surface area contributed by atoms with E-state index >= 15 is 0 Å². The quantitative estimate of drug-likeness (QED) is 0.871. The zero-order valence-corrected chi connectivity index (χ0v) is 14.4. The first kappa shape index (κ1) is 16.6. The number of likely N-dealkylation sites (tertiary alicyclic amines) is 1. The summed E-state index contributed by atoms with van der Waals surface area (Å²) in [6.45, 7) is 2.01. The van der Waals surface area contributed by atoms with Crippen LogP contribution in [0.2, 0.25) is 5.02 Å². The minimum absolute atomic E-state index is 0.0340. The van der Waals surface area contributed by atoms with Crippen molar-refractivity contribution in [2.45, 2.75) is 24.7 Å². The molecule has 2 saturated heterocycles. The van der Waals surface area contributed by atoms with Crippen molar-refractivity contribution >= 4 is 23.3 Å². The molecule has 0 spiro atoms. The second-order valence-corrected chi connectivity index (χ2v) is 7.43. The molecule has 1 aromatic heterocycles. The first-order valence-corrected chi connectivity index (χ1v) is 8.87. The van der Waals surface area contributed by atoms with Gasteiger partial charge in [-0.15, -0.1) is 0 Å². The number of hydrogen-bond acceptors (Lipinski definition) is 5. The van der Waals surface area contributed by atoms with Gasteiger partial charge in [0.25, 0.3) is 0 Å². The van der Waals surface area contributed by atoms with Gasteiger partial charge in [0.05, 0.1) is 24.2 Å². The fourth-order valence-electron chi connectivity index (χ4n) is 4.06. The number of alkyl halides is 1. The van der Waals surface area contributed by atoms with E-state index < -0.39 is 12.2 Å². The molecule has 4 rings (SSSR count). The molecule has 1 N–H and O–H groups in total. The van der Waals surface area contributed by atoms with Gasteiger partial charge in [0, 0.05) is 31.7 Å². The molecule has 3 heterocycles. The number of nitriles is 1. The molecule has 1 amide bonds. The number of pyridine rings is 1. The van der Waals surface area contributed by atoms with Crippen molar-refractivity contribution in [3.05, 3.63) is 23.4 Å². The first-order valence-electron chi connectivity index (χ1n) is 8.50. The first-order chi connectivity index (χ1) is 12.1.